The minimum absolute atomic E-state index is 0.156. The number of carbonyl (C=O) groups excluding carboxylic acids is 1. The van der Waals surface area contributed by atoms with Crippen molar-refractivity contribution < 1.29 is 13.6 Å². The van der Waals surface area contributed by atoms with E-state index in [-0.39, 0.29) is 5.56 Å². The molecule has 1 amide bonds. The molecule has 0 saturated carbocycles. The lowest BCUT2D eigenvalue weighted by molar-refractivity contribution is 0.102. The second-order valence-electron chi connectivity index (χ2n) is 4.04. The zero-order valence-electron chi connectivity index (χ0n) is 10.0. The Morgan fingerprint density at radius 2 is 1.74 bits per heavy atom. The molecule has 0 aliphatic heterocycles. The summed E-state index contributed by atoms with van der Waals surface area (Å²) in [5, 5.41) is 2.56. The lowest BCUT2D eigenvalue weighted by Crippen LogP contribution is -2.14. The van der Waals surface area contributed by atoms with Crippen LogP contribution in [0.3, 0.4) is 0 Å². The third kappa shape index (κ3) is 3.17. The second-order valence-corrected chi connectivity index (χ2v) is 4.89. The predicted octanol–water partition coefficient (Wildman–Crippen LogP) is 4.29. The molecule has 0 radical (unpaired) electrons. The lowest BCUT2D eigenvalue weighted by Gasteiger charge is -2.09. The summed E-state index contributed by atoms with van der Waals surface area (Å²) in [7, 11) is 0. The molecule has 0 saturated heterocycles. The Balaban J connectivity index is 2.30. The van der Waals surface area contributed by atoms with Gasteiger partial charge >= 0.3 is 0 Å². The van der Waals surface area contributed by atoms with Gasteiger partial charge in [0, 0.05) is 10.2 Å². The van der Waals surface area contributed by atoms with E-state index in [4.69, 9.17) is 0 Å². The van der Waals surface area contributed by atoms with E-state index < -0.39 is 17.5 Å². The molecule has 0 heterocycles. The molecule has 2 aromatic rings. The summed E-state index contributed by atoms with van der Waals surface area (Å²) >= 11 is 3.18. The van der Waals surface area contributed by atoms with Gasteiger partial charge in [-0.3, -0.25) is 4.79 Å². The van der Waals surface area contributed by atoms with E-state index in [1.54, 1.807) is 13.0 Å². The third-order valence-corrected chi connectivity index (χ3v) is 3.31. The number of hydrogen-bond donors (Lipinski definition) is 1. The van der Waals surface area contributed by atoms with Crippen molar-refractivity contribution in [2.24, 2.45) is 0 Å². The summed E-state index contributed by atoms with van der Waals surface area (Å²) in [4.78, 5) is 12.0. The van der Waals surface area contributed by atoms with Crippen LogP contribution < -0.4 is 5.32 Å². The number of carbonyl (C=O) groups is 1. The van der Waals surface area contributed by atoms with Gasteiger partial charge in [-0.2, -0.15) is 0 Å². The van der Waals surface area contributed by atoms with Crippen LogP contribution in [0.15, 0.2) is 40.9 Å². The predicted molar refractivity (Wildman–Crippen MR) is 73.2 cm³/mol. The Bertz CT molecular complexity index is 643. The van der Waals surface area contributed by atoms with Crippen LogP contribution in [-0.2, 0) is 0 Å². The Kier molecular flexibility index (Phi) is 3.95. The smallest absolute Gasteiger partial charge is 0.256 e. The molecule has 19 heavy (non-hydrogen) atoms. The zero-order chi connectivity index (χ0) is 14.0. The third-order valence-electron chi connectivity index (χ3n) is 2.62. The Morgan fingerprint density at radius 3 is 2.47 bits per heavy atom. The largest absolute Gasteiger partial charge is 0.322 e. The Labute approximate surface area is 117 Å². The molecule has 0 fully saturated rings. The first-order chi connectivity index (χ1) is 8.97. The van der Waals surface area contributed by atoms with E-state index in [1.165, 1.54) is 24.3 Å². The first kappa shape index (κ1) is 13.7. The summed E-state index contributed by atoms with van der Waals surface area (Å²) in [5.41, 5.74) is 1.24. The molecular weight excluding hydrogens is 316 g/mol. The molecule has 0 aliphatic carbocycles. The quantitative estimate of drug-likeness (QED) is 0.876. The van der Waals surface area contributed by atoms with Crippen molar-refractivity contribution in [3.8, 4) is 0 Å². The minimum Gasteiger partial charge on any atom is -0.322 e. The first-order valence-electron chi connectivity index (χ1n) is 5.50. The average molecular weight is 326 g/mol. The fraction of sp³-hybridized carbons (Fsp3) is 0.0714. The van der Waals surface area contributed by atoms with Crippen molar-refractivity contribution in [1.29, 1.82) is 0 Å². The molecule has 0 bridgehead atoms. The highest BCUT2D eigenvalue weighted by Crippen LogP contribution is 2.21. The summed E-state index contributed by atoms with van der Waals surface area (Å²) in [6, 6.07) is 7.90. The average Bonchev–Trinajstić information content (AvgIpc) is 2.36. The van der Waals surface area contributed by atoms with Crippen LogP contribution in [0.2, 0.25) is 0 Å². The van der Waals surface area contributed by atoms with E-state index in [1.807, 2.05) is 0 Å². The summed E-state index contributed by atoms with van der Waals surface area (Å²) in [6.45, 7) is 1.75. The molecule has 5 heteroatoms. The number of nitrogens with one attached hydrogen (secondary N) is 1. The number of amides is 1. The number of halogens is 3. The van der Waals surface area contributed by atoms with Gasteiger partial charge < -0.3 is 5.32 Å². The van der Waals surface area contributed by atoms with E-state index in [0.29, 0.717) is 10.2 Å². The molecule has 0 aromatic heterocycles. The minimum atomic E-state index is -0.510. The molecular formula is C14H10BrF2NO. The normalized spacial score (nSPS) is 10.3. The number of anilines is 1. The number of benzene rings is 2. The molecule has 0 unspecified atom stereocenters. The maximum Gasteiger partial charge on any atom is 0.256 e. The zero-order valence-corrected chi connectivity index (χ0v) is 11.6. The molecule has 2 rings (SSSR count). The SMILES string of the molecule is Cc1ccc(F)cc1NC(=O)c1cc(F)ccc1Br. The van der Waals surface area contributed by atoms with Gasteiger partial charge in [0.1, 0.15) is 11.6 Å². The van der Waals surface area contributed by atoms with Gasteiger partial charge in [-0.15, -0.1) is 0 Å². The van der Waals surface area contributed by atoms with Crippen LogP contribution in [0, 0.1) is 18.6 Å². The van der Waals surface area contributed by atoms with Gasteiger partial charge in [0.25, 0.3) is 5.91 Å². The van der Waals surface area contributed by atoms with Gasteiger partial charge in [0.05, 0.1) is 5.56 Å². The molecule has 0 aliphatic rings. The number of aryl methyl sites for hydroxylation is 1. The highest BCUT2D eigenvalue weighted by Gasteiger charge is 2.12. The van der Waals surface area contributed by atoms with Crippen molar-refractivity contribution in [2.45, 2.75) is 6.92 Å². The highest BCUT2D eigenvalue weighted by molar-refractivity contribution is 9.10. The van der Waals surface area contributed by atoms with Crippen LogP contribution in [0.4, 0.5) is 14.5 Å². The summed E-state index contributed by atoms with van der Waals surface area (Å²) < 4.78 is 26.7. The van der Waals surface area contributed by atoms with Crippen molar-refractivity contribution >= 4 is 27.5 Å². The van der Waals surface area contributed by atoms with Crippen LogP contribution in [-0.4, -0.2) is 5.91 Å². The van der Waals surface area contributed by atoms with Crippen molar-refractivity contribution in [3.05, 3.63) is 63.6 Å². The standard InChI is InChI=1S/C14H10BrF2NO/c1-8-2-3-10(17)7-13(8)18-14(19)11-6-9(16)4-5-12(11)15/h2-7H,1H3,(H,18,19). The van der Waals surface area contributed by atoms with Crippen LogP contribution in [0.25, 0.3) is 0 Å². The maximum absolute atomic E-state index is 13.1. The van der Waals surface area contributed by atoms with Gasteiger partial charge in [0.2, 0.25) is 0 Å². The highest BCUT2D eigenvalue weighted by atomic mass is 79.9. The topological polar surface area (TPSA) is 29.1 Å². The summed E-state index contributed by atoms with van der Waals surface area (Å²) in [5.74, 6) is -1.46. The molecule has 98 valence electrons. The number of hydrogen-bond acceptors (Lipinski definition) is 1. The number of rotatable bonds is 2. The van der Waals surface area contributed by atoms with E-state index in [9.17, 15) is 13.6 Å². The van der Waals surface area contributed by atoms with Gasteiger partial charge in [-0.05, 0) is 58.7 Å². The lowest BCUT2D eigenvalue weighted by atomic mass is 10.1. The van der Waals surface area contributed by atoms with Crippen molar-refractivity contribution in [3.63, 3.8) is 0 Å². The Morgan fingerprint density at radius 1 is 1.11 bits per heavy atom. The fourth-order valence-electron chi connectivity index (χ4n) is 1.59. The monoisotopic (exact) mass is 325 g/mol. The van der Waals surface area contributed by atoms with E-state index in [2.05, 4.69) is 21.2 Å². The van der Waals surface area contributed by atoms with E-state index >= 15 is 0 Å². The molecule has 2 nitrogen and oxygen atoms in total. The fourth-order valence-corrected chi connectivity index (χ4v) is 2.02. The van der Waals surface area contributed by atoms with Gasteiger partial charge in [-0.25, -0.2) is 8.78 Å². The Hall–Kier alpha value is -1.75. The molecule has 2 aromatic carbocycles. The van der Waals surface area contributed by atoms with Crippen LogP contribution in [0.5, 0.6) is 0 Å². The van der Waals surface area contributed by atoms with E-state index in [0.717, 1.165) is 11.6 Å². The first-order valence-corrected chi connectivity index (χ1v) is 6.29. The van der Waals surface area contributed by atoms with Crippen molar-refractivity contribution in [1.82, 2.24) is 0 Å². The van der Waals surface area contributed by atoms with Gasteiger partial charge in [-0.1, -0.05) is 6.07 Å². The maximum atomic E-state index is 13.1. The van der Waals surface area contributed by atoms with Crippen LogP contribution in [0.1, 0.15) is 15.9 Å². The molecule has 0 spiro atoms. The second kappa shape index (κ2) is 5.48. The summed E-state index contributed by atoms with van der Waals surface area (Å²) in [6.07, 6.45) is 0. The molecule has 0 atom stereocenters. The molecule has 1 N–H and O–H groups in total. The van der Waals surface area contributed by atoms with Gasteiger partial charge in [0.15, 0.2) is 0 Å². The van der Waals surface area contributed by atoms with Crippen LogP contribution >= 0.6 is 15.9 Å². The van der Waals surface area contributed by atoms with Crippen molar-refractivity contribution in [2.75, 3.05) is 5.32 Å².